The van der Waals surface area contributed by atoms with Crippen LogP contribution in [0, 0.1) is 17.7 Å². The molecular weight excluding hydrogens is 343 g/mol. The van der Waals surface area contributed by atoms with Crippen LogP contribution in [0.4, 0.5) is 10.3 Å². The van der Waals surface area contributed by atoms with Crippen LogP contribution in [-0.4, -0.2) is 48.4 Å². The van der Waals surface area contributed by atoms with Crippen LogP contribution in [0.2, 0.25) is 0 Å². The summed E-state index contributed by atoms with van der Waals surface area (Å²) in [5.74, 6) is 4.14. The van der Waals surface area contributed by atoms with E-state index in [1.54, 1.807) is 0 Å². The fraction of sp³-hybridized carbons (Fsp3) is 0.429. The van der Waals surface area contributed by atoms with E-state index in [1.165, 1.54) is 6.92 Å². The van der Waals surface area contributed by atoms with Gasteiger partial charge in [-0.3, -0.25) is 14.3 Å². The third kappa shape index (κ3) is 2.27. The van der Waals surface area contributed by atoms with Crippen molar-refractivity contribution in [3.63, 3.8) is 0 Å². The summed E-state index contributed by atoms with van der Waals surface area (Å²) in [6, 6.07) is 0. The molecule has 2 aromatic rings. The molecule has 2 aromatic heterocycles. The SMILES string of the molecule is CC#C[C@@]1(Cl)C(O)[C@@H](CO)O[C@H]1n1cc(F)c2c(=O)[nH]c(N)nc21. The molecule has 24 heavy (non-hydrogen) atoms. The largest absolute Gasteiger partial charge is 0.394 e. The molecule has 0 amide bonds. The molecule has 8 nitrogen and oxygen atoms in total. The number of hydrogen-bond donors (Lipinski definition) is 4. The maximum atomic E-state index is 14.2. The van der Waals surface area contributed by atoms with Crippen LogP contribution in [0.3, 0.4) is 0 Å². The third-order valence-corrected chi connectivity index (χ3v) is 4.35. The zero-order valence-electron chi connectivity index (χ0n) is 12.5. The number of aromatic amines is 1. The van der Waals surface area contributed by atoms with Crippen LogP contribution in [0.5, 0.6) is 0 Å². The molecule has 0 spiro atoms. The van der Waals surface area contributed by atoms with Crippen molar-refractivity contribution in [2.24, 2.45) is 0 Å². The molecule has 4 atom stereocenters. The van der Waals surface area contributed by atoms with Crippen molar-refractivity contribution in [1.29, 1.82) is 0 Å². The highest BCUT2D eigenvalue weighted by atomic mass is 35.5. The number of nitrogens with zero attached hydrogens (tertiary/aromatic N) is 2. The molecule has 1 fully saturated rings. The second-order valence-electron chi connectivity index (χ2n) is 5.33. The van der Waals surface area contributed by atoms with E-state index >= 15 is 0 Å². The van der Waals surface area contributed by atoms with E-state index in [0.29, 0.717) is 0 Å². The molecule has 1 saturated heterocycles. The number of rotatable bonds is 2. The molecule has 3 heterocycles. The average Bonchev–Trinajstić information content (AvgIpc) is 2.96. The summed E-state index contributed by atoms with van der Waals surface area (Å²) in [4.78, 5) is 16.4. The highest BCUT2D eigenvalue weighted by Gasteiger charge is 2.56. The first kappa shape index (κ1) is 16.7. The number of aromatic nitrogens is 3. The van der Waals surface area contributed by atoms with Gasteiger partial charge < -0.3 is 20.7 Å². The molecule has 5 N–H and O–H groups in total. The second kappa shape index (κ2) is 5.75. The lowest BCUT2D eigenvalue weighted by Crippen LogP contribution is -2.41. The Morgan fingerprint density at radius 1 is 1.67 bits per heavy atom. The Balaban J connectivity index is 2.26. The van der Waals surface area contributed by atoms with Crippen LogP contribution in [0.25, 0.3) is 11.0 Å². The van der Waals surface area contributed by atoms with E-state index in [9.17, 15) is 19.4 Å². The summed E-state index contributed by atoms with van der Waals surface area (Å²) in [5, 5.41) is 19.3. The lowest BCUT2D eigenvalue weighted by Gasteiger charge is -2.25. The number of fused-ring (bicyclic) bond motifs is 1. The predicted molar refractivity (Wildman–Crippen MR) is 83.8 cm³/mol. The molecule has 0 saturated carbocycles. The van der Waals surface area contributed by atoms with Crippen molar-refractivity contribution in [2.75, 3.05) is 12.3 Å². The predicted octanol–water partition coefficient (Wildman–Crippen LogP) is -0.303. The van der Waals surface area contributed by atoms with E-state index in [0.717, 1.165) is 10.8 Å². The summed E-state index contributed by atoms with van der Waals surface area (Å²) in [5.41, 5.74) is 4.65. The van der Waals surface area contributed by atoms with Gasteiger partial charge in [0, 0.05) is 6.20 Å². The number of hydrogen-bond acceptors (Lipinski definition) is 6. The number of nitrogens with one attached hydrogen (secondary N) is 1. The summed E-state index contributed by atoms with van der Waals surface area (Å²) >= 11 is 6.44. The number of halogens is 2. The standard InChI is InChI=1S/C14H14ClFN4O4/c1-2-3-14(15)9(22)7(5-21)24-12(14)20-4-6(16)8-10(20)18-13(17)19-11(8)23/h4,7,9,12,21-22H,5H2,1H3,(H3,17,18,19,23)/t7-,9?,12-,14-/m1/s1. The van der Waals surface area contributed by atoms with Gasteiger partial charge in [0.15, 0.2) is 22.6 Å². The number of anilines is 1. The molecule has 10 heteroatoms. The number of aliphatic hydroxyl groups is 2. The van der Waals surface area contributed by atoms with Gasteiger partial charge >= 0.3 is 0 Å². The Kier molecular flexibility index (Phi) is 4.01. The number of nitrogen functional groups attached to an aromatic ring is 1. The van der Waals surface area contributed by atoms with Crippen LogP contribution in [-0.2, 0) is 4.74 Å². The molecule has 0 bridgehead atoms. The topological polar surface area (TPSA) is 126 Å². The molecule has 1 unspecified atom stereocenters. The number of alkyl halides is 1. The maximum Gasteiger partial charge on any atom is 0.264 e. The molecule has 0 aromatic carbocycles. The van der Waals surface area contributed by atoms with Gasteiger partial charge in [-0.05, 0) is 6.92 Å². The molecule has 0 radical (unpaired) electrons. The first-order valence-electron chi connectivity index (χ1n) is 6.96. The first-order chi connectivity index (χ1) is 11.3. The van der Waals surface area contributed by atoms with E-state index in [2.05, 4.69) is 21.8 Å². The van der Waals surface area contributed by atoms with Crippen molar-refractivity contribution in [2.45, 2.75) is 30.2 Å². The van der Waals surface area contributed by atoms with Crippen LogP contribution in [0.15, 0.2) is 11.0 Å². The summed E-state index contributed by atoms with van der Waals surface area (Å²) in [7, 11) is 0. The summed E-state index contributed by atoms with van der Waals surface area (Å²) in [6.07, 6.45) is -2.60. The molecule has 1 aliphatic heterocycles. The highest BCUT2D eigenvalue weighted by molar-refractivity contribution is 6.27. The molecule has 128 valence electrons. The smallest absolute Gasteiger partial charge is 0.264 e. The number of aliphatic hydroxyl groups excluding tert-OH is 2. The minimum Gasteiger partial charge on any atom is -0.394 e. The van der Waals surface area contributed by atoms with E-state index in [4.69, 9.17) is 22.1 Å². The number of H-pyrrole nitrogens is 1. The third-order valence-electron chi connectivity index (χ3n) is 3.85. The average molecular weight is 357 g/mol. The lowest BCUT2D eigenvalue weighted by atomic mass is 9.99. The van der Waals surface area contributed by atoms with Gasteiger partial charge in [-0.1, -0.05) is 17.5 Å². The highest BCUT2D eigenvalue weighted by Crippen LogP contribution is 2.44. The van der Waals surface area contributed by atoms with Gasteiger partial charge in [0.1, 0.15) is 17.6 Å². The van der Waals surface area contributed by atoms with Crippen LogP contribution >= 0.6 is 11.6 Å². The zero-order valence-corrected chi connectivity index (χ0v) is 13.2. The van der Waals surface area contributed by atoms with Crippen molar-refractivity contribution in [3.05, 3.63) is 22.4 Å². The van der Waals surface area contributed by atoms with Crippen LogP contribution < -0.4 is 11.3 Å². The van der Waals surface area contributed by atoms with Crippen LogP contribution in [0.1, 0.15) is 13.2 Å². The Morgan fingerprint density at radius 2 is 2.38 bits per heavy atom. The van der Waals surface area contributed by atoms with E-state index in [-0.39, 0.29) is 17.0 Å². The fourth-order valence-electron chi connectivity index (χ4n) is 2.80. The van der Waals surface area contributed by atoms with Gasteiger partial charge in [0.25, 0.3) is 5.56 Å². The van der Waals surface area contributed by atoms with E-state index < -0.39 is 41.3 Å². The lowest BCUT2D eigenvalue weighted by molar-refractivity contribution is -0.0436. The maximum absolute atomic E-state index is 14.2. The Bertz CT molecular complexity index is 917. The van der Waals surface area contributed by atoms with Crippen molar-refractivity contribution < 1.29 is 19.3 Å². The molecule has 3 rings (SSSR count). The van der Waals surface area contributed by atoms with Gasteiger partial charge in [0.2, 0.25) is 5.95 Å². The minimum absolute atomic E-state index is 0.104. The normalized spacial score (nSPS) is 29.6. The first-order valence-corrected chi connectivity index (χ1v) is 7.34. The monoisotopic (exact) mass is 356 g/mol. The van der Waals surface area contributed by atoms with Crippen molar-refractivity contribution in [1.82, 2.24) is 14.5 Å². The molecular formula is C14H14ClFN4O4. The molecule has 1 aliphatic rings. The van der Waals surface area contributed by atoms with E-state index in [1.807, 2.05) is 0 Å². The Morgan fingerprint density at radius 3 is 3.00 bits per heavy atom. The number of ether oxygens (including phenoxy) is 1. The second-order valence-corrected chi connectivity index (χ2v) is 5.96. The fourth-order valence-corrected chi connectivity index (χ4v) is 3.19. The molecule has 0 aliphatic carbocycles. The number of nitrogens with two attached hydrogens (primary N) is 1. The quantitative estimate of drug-likeness (QED) is 0.432. The van der Waals surface area contributed by atoms with Gasteiger partial charge in [-0.2, -0.15) is 4.98 Å². The van der Waals surface area contributed by atoms with Gasteiger partial charge in [0.05, 0.1) is 6.61 Å². The minimum atomic E-state index is -1.67. The van der Waals surface area contributed by atoms with Crippen molar-refractivity contribution in [3.8, 4) is 11.8 Å². The van der Waals surface area contributed by atoms with Gasteiger partial charge in [-0.25, -0.2) is 4.39 Å². The zero-order chi connectivity index (χ0) is 17.6. The summed E-state index contributed by atoms with van der Waals surface area (Å²) in [6.45, 7) is 0.991. The Hall–Kier alpha value is -2.12. The summed E-state index contributed by atoms with van der Waals surface area (Å²) < 4.78 is 20.9. The Labute approximate surface area is 140 Å². The van der Waals surface area contributed by atoms with Crippen molar-refractivity contribution >= 4 is 28.6 Å². The van der Waals surface area contributed by atoms with Gasteiger partial charge in [-0.15, -0.1) is 5.92 Å².